The van der Waals surface area contributed by atoms with Gasteiger partial charge in [-0.05, 0) is 52.3 Å². The number of rotatable bonds is 2. The van der Waals surface area contributed by atoms with Crippen molar-refractivity contribution in [2.24, 2.45) is 0 Å². The molecular formula is C14H8BrClN2O2. The van der Waals surface area contributed by atoms with Gasteiger partial charge in [0.1, 0.15) is 0 Å². The summed E-state index contributed by atoms with van der Waals surface area (Å²) in [6, 6.07) is 10.3. The van der Waals surface area contributed by atoms with E-state index in [2.05, 4.69) is 26.2 Å². The van der Waals surface area contributed by atoms with Crippen molar-refractivity contribution < 1.29 is 9.21 Å². The zero-order valence-corrected chi connectivity index (χ0v) is 12.4. The fraction of sp³-hybridized carbons (Fsp3) is 0. The second kappa shape index (κ2) is 5.26. The average Bonchev–Trinajstić information content (AvgIpc) is 2.86. The molecule has 1 aromatic carbocycles. The van der Waals surface area contributed by atoms with Gasteiger partial charge in [0.25, 0.3) is 5.91 Å². The zero-order chi connectivity index (χ0) is 14.1. The molecule has 2 heterocycles. The number of amides is 1. The highest BCUT2D eigenvalue weighted by molar-refractivity contribution is 9.10. The predicted molar refractivity (Wildman–Crippen MR) is 81.1 cm³/mol. The summed E-state index contributed by atoms with van der Waals surface area (Å²) in [5.41, 5.74) is 1.39. The lowest BCUT2D eigenvalue weighted by Gasteiger charge is -2.07. The lowest BCUT2D eigenvalue weighted by Crippen LogP contribution is -2.11. The van der Waals surface area contributed by atoms with Crippen molar-refractivity contribution in [1.29, 1.82) is 0 Å². The Morgan fingerprint density at radius 2 is 2.10 bits per heavy atom. The second-order valence-electron chi connectivity index (χ2n) is 4.08. The Bertz CT molecular complexity index is 801. The van der Waals surface area contributed by atoms with Crippen molar-refractivity contribution in [3.8, 4) is 0 Å². The van der Waals surface area contributed by atoms with Gasteiger partial charge in [0.15, 0.2) is 10.4 Å². The van der Waals surface area contributed by atoms with E-state index in [0.29, 0.717) is 15.4 Å². The van der Waals surface area contributed by atoms with Gasteiger partial charge in [0.2, 0.25) is 0 Å². The standard InChI is InChI=1S/C14H8BrClN2O2/c15-13-4-3-12(20-13)14(19)18-11-5-6-17-10-2-1-8(16)7-9(10)11/h1-7H,(H,17,18,19). The molecule has 0 aliphatic heterocycles. The Morgan fingerprint density at radius 1 is 1.25 bits per heavy atom. The number of furan rings is 1. The average molecular weight is 352 g/mol. The molecule has 0 saturated heterocycles. The highest BCUT2D eigenvalue weighted by Gasteiger charge is 2.12. The molecule has 3 aromatic rings. The van der Waals surface area contributed by atoms with Crippen LogP contribution in [0.2, 0.25) is 5.02 Å². The first kappa shape index (κ1) is 13.1. The molecule has 0 aliphatic rings. The molecule has 0 bridgehead atoms. The SMILES string of the molecule is O=C(Nc1ccnc2ccc(Cl)cc12)c1ccc(Br)o1. The van der Waals surface area contributed by atoms with Crippen LogP contribution in [-0.4, -0.2) is 10.9 Å². The zero-order valence-electron chi connectivity index (χ0n) is 10.1. The van der Waals surface area contributed by atoms with Crippen LogP contribution < -0.4 is 5.32 Å². The number of aromatic nitrogens is 1. The first-order valence-electron chi connectivity index (χ1n) is 5.74. The number of anilines is 1. The summed E-state index contributed by atoms with van der Waals surface area (Å²) in [6.45, 7) is 0. The molecule has 100 valence electrons. The number of nitrogens with zero attached hydrogens (tertiary/aromatic N) is 1. The van der Waals surface area contributed by atoms with Crippen LogP contribution in [0.25, 0.3) is 10.9 Å². The van der Waals surface area contributed by atoms with Crippen LogP contribution in [0.4, 0.5) is 5.69 Å². The second-order valence-corrected chi connectivity index (χ2v) is 5.30. The Hall–Kier alpha value is -1.85. The molecule has 1 amide bonds. The van der Waals surface area contributed by atoms with Crippen LogP contribution in [0.5, 0.6) is 0 Å². The van der Waals surface area contributed by atoms with Crippen molar-refractivity contribution in [1.82, 2.24) is 4.98 Å². The van der Waals surface area contributed by atoms with E-state index in [0.717, 1.165) is 10.9 Å². The molecule has 3 rings (SSSR count). The lowest BCUT2D eigenvalue weighted by molar-refractivity contribution is 0.0995. The Morgan fingerprint density at radius 3 is 2.85 bits per heavy atom. The van der Waals surface area contributed by atoms with Crippen molar-refractivity contribution in [3.05, 3.63) is 58.0 Å². The van der Waals surface area contributed by atoms with Crippen LogP contribution >= 0.6 is 27.5 Å². The molecule has 20 heavy (non-hydrogen) atoms. The van der Waals surface area contributed by atoms with E-state index in [4.69, 9.17) is 16.0 Å². The van der Waals surface area contributed by atoms with E-state index in [1.165, 1.54) is 0 Å². The smallest absolute Gasteiger partial charge is 0.291 e. The fourth-order valence-electron chi connectivity index (χ4n) is 1.85. The van der Waals surface area contributed by atoms with E-state index < -0.39 is 0 Å². The number of fused-ring (bicyclic) bond motifs is 1. The molecule has 6 heteroatoms. The van der Waals surface area contributed by atoms with Crippen LogP contribution in [-0.2, 0) is 0 Å². The van der Waals surface area contributed by atoms with Gasteiger partial charge in [0, 0.05) is 16.6 Å². The van der Waals surface area contributed by atoms with E-state index in [1.54, 1.807) is 42.6 Å². The minimum absolute atomic E-state index is 0.226. The number of nitrogens with one attached hydrogen (secondary N) is 1. The molecule has 0 atom stereocenters. The Balaban J connectivity index is 1.98. The van der Waals surface area contributed by atoms with Crippen molar-refractivity contribution >= 4 is 50.0 Å². The number of carbonyl (C=O) groups is 1. The van der Waals surface area contributed by atoms with E-state index >= 15 is 0 Å². The van der Waals surface area contributed by atoms with Crippen LogP contribution in [0.15, 0.2) is 51.7 Å². The molecule has 1 N–H and O–H groups in total. The van der Waals surface area contributed by atoms with Gasteiger partial charge in [-0.15, -0.1) is 0 Å². The first-order chi connectivity index (χ1) is 9.63. The van der Waals surface area contributed by atoms with Gasteiger partial charge in [-0.3, -0.25) is 9.78 Å². The topological polar surface area (TPSA) is 55.1 Å². The van der Waals surface area contributed by atoms with E-state index in [-0.39, 0.29) is 11.7 Å². The number of hydrogen-bond donors (Lipinski definition) is 1. The summed E-state index contributed by atoms with van der Waals surface area (Å²) in [6.07, 6.45) is 1.63. The van der Waals surface area contributed by atoms with Gasteiger partial charge in [0.05, 0.1) is 11.2 Å². The number of halogens is 2. The number of benzene rings is 1. The molecule has 0 spiro atoms. The van der Waals surface area contributed by atoms with Crippen LogP contribution in [0.1, 0.15) is 10.6 Å². The summed E-state index contributed by atoms with van der Waals surface area (Å²) in [4.78, 5) is 16.3. The highest BCUT2D eigenvalue weighted by Crippen LogP contribution is 2.25. The first-order valence-corrected chi connectivity index (χ1v) is 6.91. The lowest BCUT2D eigenvalue weighted by atomic mass is 10.2. The van der Waals surface area contributed by atoms with Crippen molar-refractivity contribution in [2.45, 2.75) is 0 Å². The summed E-state index contributed by atoms with van der Waals surface area (Å²) >= 11 is 9.14. The van der Waals surface area contributed by atoms with Crippen molar-refractivity contribution in [2.75, 3.05) is 5.32 Å². The number of hydrogen-bond acceptors (Lipinski definition) is 3. The molecule has 2 aromatic heterocycles. The quantitative estimate of drug-likeness (QED) is 0.740. The van der Waals surface area contributed by atoms with Gasteiger partial charge < -0.3 is 9.73 Å². The van der Waals surface area contributed by atoms with Crippen LogP contribution in [0, 0.1) is 0 Å². The van der Waals surface area contributed by atoms with Gasteiger partial charge in [-0.1, -0.05) is 11.6 Å². The van der Waals surface area contributed by atoms with Crippen molar-refractivity contribution in [3.63, 3.8) is 0 Å². The molecule has 0 fully saturated rings. The predicted octanol–water partition coefficient (Wildman–Crippen LogP) is 4.50. The third kappa shape index (κ3) is 2.55. The van der Waals surface area contributed by atoms with E-state index in [1.807, 2.05) is 0 Å². The maximum Gasteiger partial charge on any atom is 0.291 e. The number of carbonyl (C=O) groups excluding carboxylic acids is 1. The normalized spacial score (nSPS) is 10.7. The third-order valence-electron chi connectivity index (χ3n) is 2.75. The molecule has 0 unspecified atom stereocenters. The molecule has 4 nitrogen and oxygen atoms in total. The largest absolute Gasteiger partial charge is 0.444 e. The Kier molecular flexibility index (Phi) is 3.46. The molecule has 0 radical (unpaired) electrons. The number of pyridine rings is 1. The maximum absolute atomic E-state index is 12.1. The fourth-order valence-corrected chi connectivity index (χ4v) is 2.33. The monoisotopic (exact) mass is 350 g/mol. The van der Waals surface area contributed by atoms with E-state index in [9.17, 15) is 4.79 Å². The maximum atomic E-state index is 12.1. The summed E-state index contributed by atoms with van der Waals surface area (Å²) in [5, 5.41) is 4.15. The van der Waals surface area contributed by atoms with Gasteiger partial charge in [-0.25, -0.2) is 0 Å². The van der Waals surface area contributed by atoms with Gasteiger partial charge >= 0.3 is 0 Å². The molecule has 0 saturated carbocycles. The third-order valence-corrected chi connectivity index (χ3v) is 3.41. The Labute approximate surface area is 127 Å². The summed E-state index contributed by atoms with van der Waals surface area (Å²) in [7, 11) is 0. The minimum Gasteiger partial charge on any atom is -0.444 e. The van der Waals surface area contributed by atoms with Crippen LogP contribution in [0.3, 0.4) is 0 Å². The minimum atomic E-state index is -0.330. The highest BCUT2D eigenvalue weighted by atomic mass is 79.9. The molecule has 0 aliphatic carbocycles. The summed E-state index contributed by atoms with van der Waals surface area (Å²) < 4.78 is 5.72. The molecular weight excluding hydrogens is 344 g/mol. The van der Waals surface area contributed by atoms with Gasteiger partial charge in [-0.2, -0.15) is 0 Å². The summed E-state index contributed by atoms with van der Waals surface area (Å²) in [5.74, 6) is -0.105.